The Bertz CT molecular complexity index is 719. The SMILES string of the molecule is COc1ccc(C(=O)Nc2ccc(F)c(F)c2F)cc1OC. The van der Waals surface area contributed by atoms with Gasteiger partial charge in [-0.3, -0.25) is 4.79 Å². The lowest BCUT2D eigenvalue weighted by Crippen LogP contribution is -2.14. The molecule has 0 fully saturated rings. The van der Waals surface area contributed by atoms with Crippen LogP contribution in [0.15, 0.2) is 30.3 Å². The van der Waals surface area contributed by atoms with E-state index < -0.39 is 29.0 Å². The third kappa shape index (κ3) is 2.98. The highest BCUT2D eigenvalue weighted by molar-refractivity contribution is 6.04. The van der Waals surface area contributed by atoms with E-state index in [1.807, 2.05) is 0 Å². The molecule has 1 N–H and O–H groups in total. The second kappa shape index (κ2) is 6.38. The summed E-state index contributed by atoms with van der Waals surface area (Å²) in [5, 5.41) is 2.17. The van der Waals surface area contributed by atoms with E-state index in [0.29, 0.717) is 11.5 Å². The summed E-state index contributed by atoms with van der Waals surface area (Å²) >= 11 is 0. The zero-order valence-corrected chi connectivity index (χ0v) is 11.7. The fourth-order valence-electron chi connectivity index (χ4n) is 1.79. The van der Waals surface area contributed by atoms with Gasteiger partial charge in [-0.05, 0) is 30.3 Å². The third-order valence-electron chi connectivity index (χ3n) is 2.93. The molecule has 0 aliphatic carbocycles. The van der Waals surface area contributed by atoms with Gasteiger partial charge in [0.2, 0.25) is 0 Å². The van der Waals surface area contributed by atoms with Gasteiger partial charge in [0.15, 0.2) is 29.0 Å². The van der Waals surface area contributed by atoms with Crippen LogP contribution in [0, 0.1) is 17.5 Å². The highest BCUT2D eigenvalue weighted by Crippen LogP contribution is 2.28. The molecule has 116 valence electrons. The molecule has 0 aliphatic heterocycles. The van der Waals surface area contributed by atoms with Gasteiger partial charge in [-0.15, -0.1) is 0 Å². The Kier molecular flexibility index (Phi) is 4.55. The van der Waals surface area contributed by atoms with Crippen molar-refractivity contribution in [3.8, 4) is 11.5 Å². The largest absolute Gasteiger partial charge is 0.493 e. The van der Waals surface area contributed by atoms with Crippen LogP contribution in [0.5, 0.6) is 11.5 Å². The highest BCUT2D eigenvalue weighted by Gasteiger charge is 2.17. The molecule has 0 unspecified atom stereocenters. The van der Waals surface area contributed by atoms with E-state index in [9.17, 15) is 18.0 Å². The minimum atomic E-state index is -1.65. The Hall–Kier alpha value is -2.70. The Morgan fingerprint density at radius 1 is 0.955 bits per heavy atom. The minimum Gasteiger partial charge on any atom is -0.493 e. The maximum absolute atomic E-state index is 13.5. The molecule has 0 bridgehead atoms. The summed E-state index contributed by atoms with van der Waals surface area (Å²) in [6.45, 7) is 0. The molecule has 0 atom stereocenters. The van der Waals surface area contributed by atoms with Gasteiger partial charge in [-0.2, -0.15) is 0 Å². The minimum absolute atomic E-state index is 0.141. The van der Waals surface area contributed by atoms with Crippen molar-refractivity contribution in [2.75, 3.05) is 19.5 Å². The molecule has 0 heterocycles. The monoisotopic (exact) mass is 311 g/mol. The van der Waals surface area contributed by atoms with Crippen molar-refractivity contribution in [3.63, 3.8) is 0 Å². The molecule has 0 spiro atoms. The second-order valence-corrected chi connectivity index (χ2v) is 4.25. The van der Waals surface area contributed by atoms with E-state index >= 15 is 0 Å². The normalized spacial score (nSPS) is 10.2. The van der Waals surface area contributed by atoms with Gasteiger partial charge in [0, 0.05) is 5.56 Å². The number of methoxy groups -OCH3 is 2. The summed E-state index contributed by atoms with van der Waals surface area (Å²) < 4.78 is 49.6. The number of halogens is 3. The van der Waals surface area contributed by atoms with Gasteiger partial charge < -0.3 is 14.8 Å². The van der Waals surface area contributed by atoms with Crippen molar-refractivity contribution in [2.24, 2.45) is 0 Å². The molecule has 0 saturated carbocycles. The quantitative estimate of drug-likeness (QED) is 0.881. The van der Waals surface area contributed by atoms with E-state index in [2.05, 4.69) is 5.32 Å². The first kappa shape index (κ1) is 15.7. The summed E-state index contributed by atoms with van der Waals surface area (Å²) in [4.78, 5) is 12.0. The maximum atomic E-state index is 13.5. The molecule has 0 aliphatic rings. The third-order valence-corrected chi connectivity index (χ3v) is 2.93. The standard InChI is InChI=1S/C15H12F3NO3/c1-21-11-6-3-8(7-12(11)22-2)15(20)19-10-5-4-9(16)13(17)14(10)18/h3-7H,1-2H3,(H,19,20). The molecule has 7 heteroatoms. The lowest BCUT2D eigenvalue weighted by Gasteiger charge is -2.10. The van der Waals surface area contributed by atoms with E-state index in [1.54, 1.807) is 0 Å². The van der Waals surface area contributed by atoms with Gasteiger partial charge >= 0.3 is 0 Å². The number of rotatable bonds is 4. The van der Waals surface area contributed by atoms with Crippen LogP contribution in [0.4, 0.5) is 18.9 Å². The smallest absolute Gasteiger partial charge is 0.255 e. The van der Waals surface area contributed by atoms with E-state index in [-0.39, 0.29) is 5.56 Å². The summed E-state index contributed by atoms with van der Waals surface area (Å²) in [6, 6.07) is 5.96. The Morgan fingerprint density at radius 2 is 1.64 bits per heavy atom. The molecule has 0 radical (unpaired) electrons. The Balaban J connectivity index is 2.28. The number of anilines is 1. The number of ether oxygens (including phenoxy) is 2. The average molecular weight is 311 g/mol. The molecule has 4 nitrogen and oxygen atoms in total. The lowest BCUT2D eigenvalue weighted by molar-refractivity contribution is 0.102. The average Bonchev–Trinajstić information content (AvgIpc) is 2.54. The van der Waals surface area contributed by atoms with Gasteiger partial charge in [-0.1, -0.05) is 0 Å². The molecule has 0 saturated heterocycles. The number of carbonyl (C=O) groups excluding carboxylic acids is 1. The zero-order chi connectivity index (χ0) is 16.3. The van der Waals surface area contributed by atoms with Crippen LogP contribution >= 0.6 is 0 Å². The van der Waals surface area contributed by atoms with Crippen molar-refractivity contribution >= 4 is 11.6 Å². The van der Waals surface area contributed by atoms with Gasteiger partial charge in [0.05, 0.1) is 19.9 Å². The van der Waals surface area contributed by atoms with Crippen molar-refractivity contribution in [1.29, 1.82) is 0 Å². The van der Waals surface area contributed by atoms with Crippen LogP contribution in [0.25, 0.3) is 0 Å². The molecule has 2 aromatic carbocycles. The first-order valence-electron chi connectivity index (χ1n) is 6.14. The Labute approximate surface area is 124 Å². The van der Waals surface area contributed by atoms with Gasteiger partial charge in [-0.25, -0.2) is 13.2 Å². The highest BCUT2D eigenvalue weighted by atomic mass is 19.2. The predicted molar refractivity (Wildman–Crippen MR) is 73.8 cm³/mol. The molecule has 1 amide bonds. The first-order chi connectivity index (χ1) is 10.5. The predicted octanol–water partition coefficient (Wildman–Crippen LogP) is 3.37. The molecule has 2 aromatic rings. The van der Waals surface area contributed by atoms with Crippen LogP contribution in [-0.2, 0) is 0 Å². The van der Waals surface area contributed by atoms with Gasteiger partial charge in [0.1, 0.15) is 0 Å². The summed E-state index contributed by atoms with van der Waals surface area (Å²) in [7, 11) is 2.84. The summed E-state index contributed by atoms with van der Waals surface area (Å²) in [5.74, 6) is -4.43. The van der Waals surface area contributed by atoms with E-state index in [4.69, 9.17) is 9.47 Å². The fourth-order valence-corrected chi connectivity index (χ4v) is 1.79. The first-order valence-corrected chi connectivity index (χ1v) is 6.14. The maximum Gasteiger partial charge on any atom is 0.255 e. The zero-order valence-electron chi connectivity index (χ0n) is 11.7. The number of amides is 1. The van der Waals surface area contributed by atoms with E-state index in [1.165, 1.54) is 32.4 Å². The van der Waals surface area contributed by atoms with Crippen LogP contribution in [-0.4, -0.2) is 20.1 Å². The number of benzene rings is 2. The van der Waals surface area contributed by atoms with Crippen molar-refractivity contribution < 1.29 is 27.4 Å². The molecule has 2 rings (SSSR count). The number of hydrogen-bond donors (Lipinski definition) is 1. The van der Waals surface area contributed by atoms with Crippen molar-refractivity contribution in [3.05, 3.63) is 53.3 Å². The fraction of sp³-hybridized carbons (Fsp3) is 0.133. The topological polar surface area (TPSA) is 47.6 Å². The van der Waals surface area contributed by atoms with Crippen LogP contribution in [0.1, 0.15) is 10.4 Å². The van der Waals surface area contributed by atoms with Crippen molar-refractivity contribution in [1.82, 2.24) is 0 Å². The van der Waals surface area contributed by atoms with E-state index in [0.717, 1.165) is 12.1 Å². The number of hydrogen-bond acceptors (Lipinski definition) is 3. The van der Waals surface area contributed by atoms with Crippen molar-refractivity contribution in [2.45, 2.75) is 0 Å². The van der Waals surface area contributed by atoms with Crippen LogP contribution < -0.4 is 14.8 Å². The summed E-state index contributed by atoms with van der Waals surface area (Å²) in [5.41, 5.74) is -0.319. The lowest BCUT2D eigenvalue weighted by atomic mass is 10.1. The van der Waals surface area contributed by atoms with Gasteiger partial charge in [0.25, 0.3) is 5.91 Å². The number of carbonyl (C=O) groups is 1. The number of nitrogens with one attached hydrogen (secondary N) is 1. The second-order valence-electron chi connectivity index (χ2n) is 4.25. The summed E-state index contributed by atoms with van der Waals surface area (Å²) in [6.07, 6.45) is 0. The van der Waals surface area contributed by atoms with Crippen LogP contribution in [0.3, 0.4) is 0 Å². The Morgan fingerprint density at radius 3 is 2.27 bits per heavy atom. The van der Waals surface area contributed by atoms with Crippen LogP contribution in [0.2, 0.25) is 0 Å². The molecule has 22 heavy (non-hydrogen) atoms. The molecular weight excluding hydrogens is 299 g/mol. The molecular formula is C15H12F3NO3. The molecule has 0 aromatic heterocycles.